The Morgan fingerprint density at radius 2 is 1.75 bits per heavy atom. The van der Waals surface area contributed by atoms with Crippen molar-refractivity contribution >= 4 is 17.7 Å². The van der Waals surface area contributed by atoms with Crippen LogP contribution in [0.4, 0.5) is 0 Å². The van der Waals surface area contributed by atoms with Gasteiger partial charge in [0.1, 0.15) is 5.41 Å². The third-order valence-electron chi connectivity index (χ3n) is 4.88. The normalized spacial score (nSPS) is 23.5. The molecule has 1 aliphatic rings. The molecule has 2 aromatic carbocycles. The van der Waals surface area contributed by atoms with Gasteiger partial charge in [-0.25, -0.2) is 0 Å². The zero-order valence-electron chi connectivity index (χ0n) is 13.8. The van der Waals surface area contributed by atoms with Gasteiger partial charge in [0.2, 0.25) is 0 Å². The topological polar surface area (TPSA) is 37.3 Å². The average molecular weight is 338 g/mol. The molecule has 0 fully saturated rings. The van der Waals surface area contributed by atoms with Crippen molar-refractivity contribution in [1.29, 1.82) is 0 Å². The first kappa shape index (κ1) is 16.8. The molecule has 2 nitrogen and oxygen atoms in total. The van der Waals surface area contributed by atoms with Crippen molar-refractivity contribution in [3.8, 4) is 0 Å². The van der Waals surface area contributed by atoms with Crippen LogP contribution in [0.3, 0.4) is 0 Å². The number of carboxylic acids is 1. The molecule has 3 rings (SSSR count). The molecule has 0 saturated heterocycles. The monoisotopic (exact) mass is 338 g/mol. The van der Waals surface area contributed by atoms with Gasteiger partial charge in [0.05, 0.1) is 0 Å². The van der Waals surface area contributed by atoms with Crippen LogP contribution in [0.25, 0.3) is 0 Å². The highest BCUT2D eigenvalue weighted by Crippen LogP contribution is 2.52. The number of carboxylic acid groups (broad SMARTS) is 1. The van der Waals surface area contributed by atoms with E-state index >= 15 is 0 Å². The van der Waals surface area contributed by atoms with Crippen molar-refractivity contribution in [2.45, 2.75) is 31.4 Å². The number of hydrogen-bond donors (Lipinski definition) is 1. The second kappa shape index (κ2) is 7.27. The predicted molar refractivity (Wildman–Crippen MR) is 100.0 cm³/mol. The fourth-order valence-electron chi connectivity index (χ4n) is 3.44. The molecular weight excluding hydrogens is 316 g/mol. The van der Waals surface area contributed by atoms with E-state index in [4.69, 9.17) is 0 Å². The minimum Gasteiger partial charge on any atom is -0.481 e. The van der Waals surface area contributed by atoms with Crippen LogP contribution in [-0.4, -0.2) is 11.1 Å². The molecular formula is C21H22O2S. The van der Waals surface area contributed by atoms with Gasteiger partial charge in [-0.2, -0.15) is 0 Å². The number of benzene rings is 2. The van der Waals surface area contributed by atoms with Gasteiger partial charge in [-0.1, -0.05) is 66.7 Å². The van der Waals surface area contributed by atoms with Gasteiger partial charge in [-0.05, 0) is 35.8 Å². The minimum absolute atomic E-state index is 0.0134. The van der Waals surface area contributed by atoms with Crippen LogP contribution < -0.4 is 0 Å². The maximum absolute atomic E-state index is 12.2. The molecule has 24 heavy (non-hydrogen) atoms. The van der Waals surface area contributed by atoms with Gasteiger partial charge in [0.15, 0.2) is 0 Å². The summed E-state index contributed by atoms with van der Waals surface area (Å²) in [7, 11) is 0. The fourth-order valence-corrected chi connectivity index (χ4v) is 4.72. The van der Waals surface area contributed by atoms with Crippen LogP contribution in [0.5, 0.6) is 0 Å². The van der Waals surface area contributed by atoms with Crippen molar-refractivity contribution in [3.05, 3.63) is 82.8 Å². The van der Waals surface area contributed by atoms with Crippen molar-refractivity contribution in [3.63, 3.8) is 0 Å². The summed E-state index contributed by atoms with van der Waals surface area (Å²) >= 11 is 1.66. The molecule has 0 amide bonds. The number of aliphatic carboxylic acids is 1. The van der Waals surface area contributed by atoms with Crippen LogP contribution in [0.15, 0.2) is 71.6 Å². The Balaban J connectivity index is 1.87. The molecule has 0 aliphatic heterocycles. The van der Waals surface area contributed by atoms with E-state index in [1.807, 2.05) is 43.3 Å². The minimum atomic E-state index is -0.862. The van der Waals surface area contributed by atoms with E-state index < -0.39 is 11.4 Å². The molecule has 3 heteroatoms. The highest BCUT2D eigenvalue weighted by atomic mass is 32.2. The third kappa shape index (κ3) is 3.27. The van der Waals surface area contributed by atoms with E-state index in [-0.39, 0.29) is 5.92 Å². The third-order valence-corrected chi connectivity index (χ3v) is 6.26. The predicted octanol–water partition coefficient (Wildman–Crippen LogP) is 5.47. The van der Waals surface area contributed by atoms with E-state index in [0.29, 0.717) is 0 Å². The second-order valence-electron chi connectivity index (χ2n) is 6.39. The first-order chi connectivity index (χ1) is 11.6. The number of hydrogen-bond acceptors (Lipinski definition) is 2. The standard InChI is InChI=1S/C21H22O2S/c1-21(20(22)23)18(17-11-6-3-7-12-17)13-8-14-19(21)24-15-16-9-4-2-5-10-16/h2-7,9-12,14,18H,8,13,15H2,1H3,(H,22,23). The van der Waals surface area contributed by atoms with Gasteiger partial charge < -0.3 is 5.11 Å². The van der Waals surface area contributed by atoms with Gasteiger partial charge in [-0.15, -0.1) is 11.8 Å². The summed E-state index contributed by atoms with van der Waals surface area (Å²) in [6.45, 7) is 1.88. The Kier molecular flexibility index (Phi) is 5.10. The lowest BCUT2D eigenvalue weighted by molar-refractivity contribution is -0.146. The zero-order chi connectivity index (χ0) is 17.0. The summed E-state index contributed by atoms with van der Waals surface area (Å²) in [6, 6.07) is 20.3. The lowest BCUT2D eigenvalue weighted by Crippen LogP contribution is -2.37. The molecule has 0 radical (unpaired) electrons. The van der Waals surface area contributed by atoms with Gasteiger partial charge >= 0.3 is 5.97 Å². The quantitative estimate of drug-likeness (QED) is 0.785. The van der Waals surface area contributed by atoms with Crippen LogP contribution in [0.2, 0.25) is 0 Å². The molecule has 0 heterocycles. The van der Waals surface area contributed by atoms with E-state index in [1.54, 1.807) is 11.8 Å². The molecule has 0 bridgehead atoms. The highest BCUT2D eigenvalue weighted by molar-refractivity contribution is 8.02. The Morgan fingerprint density at radius 3 is 2.38 bits per heavy atom. The summed E-state index contributed by atoms with van der Waals surface area (Å²) in [5.74, 6) is 0.0826. The molecule has 0 spiro atoms. The number of thioether (sulfide) groups is 1. The summed E-state index contributed by atoms with van der Waals surface area (Å²) in [4.78, 5) is 13.2. The van der Waals surface area contributed by atoms with Gasteiger partial charge in [0, 0.05) is 11.7 Å². The first-order valence-electron chi connectivity index (χ1n) is 8.28. The first-order valence-corrected chi connectivity index (χ1v) is 9.26. The molecule has 1 aliphatic carbocycles. The molecule has 124 valence electrons. The second-order valence-corrected chi connectivity index (χ2v) is 7.41. The summed E-state index contributed by atoms with van der Waals surface area (Å²) in [5.41, 5.74) is 1.48. The maximum Gasteiger partial charge on any atom is 0.314 e. The summed E-state index contributed by atoms with van der Waals surface area (Å²) < 4.78 is 0. The van der Waals surface area contributed by atoms with E-state index in [9.17, 15) is 9.90 Å². The Hall–Kier alpha value is -2.00. The average Bonchev–Trinajstić information content (AvgIpc) is 2.62. The smallest absolute Gasteiger partial charge is 0.314 e. The highest BCUT2D eigenvalue weighted by Gasteiger charge is 2.47. The molecule has 0 saturated carbocycles. The number of carbonyl (C=O) groups is 1. The van der Waals surface area contributed by atoms with Crippen LogP contribution in [-0.2, 0) is 10.5 Å². The lowest BCUT2D eigenvalue weighted by atomic mass is 9.68. The van der Waals surface area contributed by atoms with Gasteiger partial charge in [-0.3, -0.25) is 4.79 Å². The van der Waals surface area contributed by atoms with E-state index in [1.165, 1.54) is 5.56 Å². The maximum atomic E-state index is 12.2. The zero-order valence-corrected chi connectivity index (χ0v) is 14.6. The molecule has 2 unspecified atom stereocenters. The van der Waals surface area contributed by atoms with Gasteiger partial charge in [0.25, 0.3) is 0 Å². The van der Waals surface area contributed by atoms with Crippen molar-refractivity contribution < 1.29 is 9.90 Å². The summed E-state index contributed by atoms with van der Waals surface area (Å²) in [5, 5.41) is 10.0. The van der Waals surface area contributed by atoms with Crippen molar-refractivity contribution in [1.82, 2.24) is 0 Å². The largest absolute Gasteiger partial charge is 0.481 e. The Morgan fingerprint density at radius 1 is 1.12 bits per heavy atom. The molecule has 2 atom stereocenters. The SMILES string of the molecule is CC1(C(=O)O)C(SCc2ccccc2)=CCCC1c1ccccc1. The number of allylic oxidation sites excluding steroid dienone is 1. The Bertz CT molecular complexity index is 724. The lowest BCUT2D eigenvalue weighted by Gasteiger charge is -2.39. The van der Waals surface area contributed by atoms with Crippen LogP contribution in [0, 0.1) is 5.41 Å². The van der Waals surface area contributed by atoms with Crippen LogP contribution >= 0.6 is 11.8 Å². The Labute approximate surface area is 147 Å². The van der Waals surface area contributed by atoms with Crippen molar-refractivity contribution in [2.75, 3.05) is 0 Å². The molecule has 2 aromatic rings. The summed E-state index contributed by atoms with van der Waals surface area (Å²) in [6.07, 6.45) is 3.93. The molecule has 1 N–H and O–H groups in total. The fraction of sp³-hybridized carbons (Fsp3) is 0.286. The number of rotatable bonds is 5. The van der Waals surface area contributed by atoms with Crippen molar-refractivity contribution in [2.24, 2.45) is 5.41 Å². The van der Waals surface area contributed by atoms with E-state index in [0.717, 1.165) is 29.1 Å². The van der Waals surface area contributed by atoms with E-state index in [2.05, 4.69) is 30.3 Å². The molecule has 0 aromatic heterocycles. The van der Waals surface area contributed by atoms with Crippen LogP contribution in [0.1, 0.15) is 36.8 Å².